The molecule has 158 valence electrons. The molecule has 9 heteroatoms. The first kappa shape index (κ1) is 21.8. The molecule has 0 bridgehead atoms. The summed E-state index contributed by atoms with van der Waals surface area (Å²) in [5, 5.41) is 7.48. The van der Waals surface area contributed by atoms with Crippen molar-refractivity contribution in [2.75, 3.05) is 0 Å². The lowest BCUT2D eigenvalue weighted by molar-refractivity contribution is -0.140. The maximum atomic E-state index is 13.6. The summed E-state index contributed by atoms with van der Waals surface area (Å²) in [4.78, 5) is 12.8. The predicted molar refractivity (Wildman–Crippen MR) is 105 cm³/mol. The lowest BCUT2D eigenvalue weighted by Crippen LogP contribution is -2.29. The van der Waals surface area contributed by atoms with Crippen LogP contribution in [0.3, 0.4) is 0 Å². The molecule has 1 heterocycles. The molecule has 0 aliphatic rings. The van der Waals surface area contributed by atoms with Crippen molar-refractivity contribution in [3.63, 3.8) is 0 Å². The van der Waals surface area contributed by atoms with Crippen LogP contribution in [0.25, 0.3) is 5.69 Å². The number of rotatable bonds is 5. The van der Waals surface area contributed by atoms with Gasteiger partial charge in [-0.1, -0.05) is 24.6 Å². The molecule has 0 aliphatic heterocycles. The molecule has 3 aromatic rings. The van der Waals surface area contributed by atoms with Crippen LogP contribution in [-0.2, 0) is 6.18 Å². The summed E-state index contributed by atoms with van der Waals surface area (Å²) in [7, 11) is 0. The Kier molecular flexibility index (Phi) is 6.17. The fraction of sp³-hybridized carbons (Fsp3) is 0.238. The van der Waals surface area contributed by atoms with E-state index in [-0.39, 0.29) is 11.1 Å². The average Bonchev–Trinajstić information content (AvgIpc) is 3.07. The molecule has 3 rings (SSSR count). The van der Waals surface area contributed by atoms with Gasteiger partial charge in [-0.2, -0.15) is 18.3 Å². The first-order chi connectivity index (χ1) is 14.1. The van der Waals surface area contributed by atoms with Crippen LogP contribution in [0.5, 0.6) is 0 Å². The minimum absolute atomic E-state index is 0.169. The molecule has 2 aromatic carbocycles. The molecule has 0 saturated heterocycles. The van der Waals surface area contributed by atoms with Crippen molar-refractivity contribution >= 4 is 17.5 Å². The van der Waals surface area contributed by atoms with Crippen LogP contribution in [-0.4, -0.2) is 15.7 Å². The number of nitrogens with one attached hydrogen (secondary N) is 1. The number of aromatic nitrogens is 2. The molecule has 1 aromatic heterocycles. The van der Waals surface area contributed by atoms with Gasteiger partial charge in [0.1, 0.15) is 5.82 Å². The van der Waals surface area contributed by atoms with Gasteiger partial charge >= 0.3 is 6.18 Å². The Morgan fingerprint density at radius 2 is 1.87 bits per heavy atom. The Balaban J connectivity index is 1.85. The second-order valence-corrected chi connectivity index (χ2v) is 7.14. The molecule has 0 aliphatic carbocycles. The Bertz CT molecular complexity index is 1060. The maximum absolute atomic E-state index is 13.6. The zero-order chi connectivity index (χ0) is 22.1. The smallest absolute Gasteiger partial charge is 0.345 e. The third-order valence-corrected chi connectivity index (χ3v) is 4.99. The molecule has 4 nitrogen and oxygen atoms in total. The van der Waals surface area contributed by atoms with Gasteiger partial charge in [-0.3, -0.25) is 4.79 Å². The van der Waals surface area contributed by atoms with E-state index in [1.165, 1.54) is 12.3 Å². The third-order valence-electron chi connectivity index (χ3n) is 4.74. The van der Waals surface area contributed by atoms with Crippen LogP contribution < -0.4 is 5.32 Å². The van der Waals surface area contributed by atoms with E-state index in [4.69, 9.17) is 11.6 Å². The number of hydrogen-bond donors (Lipinski definition) is 1. The molecule has 0 spiro atoms. The lowest BCUT2D eigenvalue weighted by atomic mass is 10.0. The number of benzene rings is 2. The number of hydrogen-bond acceptors (Lipinski definition) is 2. The van der Waals surface area contributed by atoms with Crippen LogP contribution in [0.15, 0.2) is 48.7 Å². The van der Waals surface area contributed by atoms with Crippen LogP contribution >= 0.6 is 11.6 Å². The standard InChI is InChI=1S/C21H18ClF4N3O/c1-3-19(13-4-9-18(23)17(10-13)21(24,25)26)28-20(30)16-11-27-29(12(16)2)15-7-5-14(22)6-8-15/h4-11,19H,3H2,1-2H3,(H,28,30)/t19-/m0/s1. The molecule has 0 radical (unpaired) electrons. The highest BCUT2D eigenvalue weighted by atomic mass is 35.5. The quantitative estimate of drug-likeness (QED) is 0.505. The van der Waals surface area contributed by atoms with Gasteiger partial charge in [-0.05, 0) is 55.3 Å². The number of halogens is 5. The highest BCUT2D eigenvalue weighted by molar-refractivity contribution is 6.30. The maximum Gasteiger partial charge on any atom is 0.419 e. The van der Waals surface area contributed by atoms with E-state index in [0.29, 0.717) is 22.8 Å². The van der Waals surface area contributed by atoms with E-state index in [0.717, 1.165) is 12.1 Å². The van der Waals surface area contributed by atoms with Gasteiger partial charge < -0.3 is 5.32 Å². The SMILES string of the molecule is CC[C@H](NC(=O)c1cnn(-c2ccc(Cl)cc2)c1C)c1ccc(F)c(C(F)(F)F)c1. The fourth-order valence-electron chi connectivity index (χ4n) is 3.11. The summed E-state index contributed by atoms with van der Waals surface area (Å²) in [5.41, 5.74) is 0.347. The minimum atomic E-state index is -4.82. The van der Waals surface area contributed by atoms with Gasteiger partial charge in [0.05, 0.1) is 34.7 Å². The van der Waals surface area contributed by atoms with Crippen LogP contribution in [0, 0.1) is 12.7 Å². The zero-order valence-corrected chi connectivity index (χ0v) is 16.9. The Hall–Kier alpha value is -2.87. The Labute approximate surface area is 175 Å². The molecule has 0 saturated carbocycles. The first-order valence-corrected chi connectivity index (χ1v) is 9.47. The Morgan fingerprint density at radius 3 is 2.47 bits per heavy atom. The predicted octanol–water partition coefficient (Wildman–Crippen LogP) is 5.87. The number of carbonyl (C=O) groups is 1. The van der Waals surface area contributed by atoms with Gasteiger partial charge in [-0.15, -0.1) is 0 Å². The summed E-state index contributed by atoms with van der Waals surface area (Å²) in [6, 6.07) is 8.88. The van der Waals surface area contributed by atoms with Crippen molar-refractivity contribution in [3.05, 3.63) is 81.9 Å². The molecule has 1 atom stereocenters. The topological polar surface area (TPSA) is 46.9 Å². The van der Waals surface area contributed by atoms with Crippen molar-refractivity contribution in [3.8, 4) is 5.69 Å². The highest BCUT2D eigenvalue weighted by Crippen LogP contribution is 2.33. The van der Waals surface area contributed by atoms with Crippen molar-refractivity contribution in [2.45, 2.75) is 32.5 Å². The fourth-order valence-corrected chi connectivity index (χ4v) is 3.24. The van der Waals surface area contributed by atoms with Gasteiger partial charge in [0.2, 0.25) is 0 Å². The van der Waals surface area contributed by atoms with E-state index < -0.39 is 29.5 Å². The summed E-state index contributed by atoms with van der Waals surface area (Å²) in [5.74, 6) is -1.84. The van der Waals surface area contributed by atoms with Gasteiger partial charge in [0.25, 0.3) is 5.91 Å². The second kappa shape index (κ2) is 8.47. The molecule has 1 N–H and O–H groups in total. The van der Waals surface area contributed by atoms with Crippen molar-refractivity contribution < 1.29 is 22.4 Å². The van der Waals surface area contributed by atoms with Crippen molar-refractivity contribution in [2.24, 2.45) is 0 Å². The average molecular weight is 440 g/mol. The molecule has 0 fully saturated rings. The largest absolute Gasteiger partial charge is 0.419 e. The summed E-state index contributed by atoms with van der Waals surface area (Å²) in [6.45, 7) is 3.42. The van der Waals surface area contributed by atoms with E-state index in [2.05, 4.69) is 10.4 Å². The lowest BCUT2D eigenvalue weighted by Gasteiger charge is -2.19. The molecular formula is C21H18ClF4N3O. The molecule has 30 heavy (non-hydrogen) atoms. The number of carbonyl (C=O) groups excluding carboxylic acids is 1. The van der Waals surface area contributed by atoms with Gasteiger partial charge in [0, 0.05) is 5.02 Å². The van der Waals surface area contributed by atoms with Gasteiger partial charge in [0.15, 0.2) is 0 Å². The van der Waals surface area contributed by atoms with Crippen molar-refractivity contribution in [1.82, 2.24) is 15.1 Å². The van der Waals surface area contributed by atoms with Gasteiger partial charge in [-0.25, -0.2) is 9.07 Å². The summed E-state index contributed by atoms with van der Waals surface area (Å²) < 4.78 is 54.2. The van der Waals surface area contributed by atoms with Crippen LogP contribution in [0.2, 0.25) is 5.02 Å². The molecule has 1 amide bonds. The summed E-state index contributed by atoms with van der Waals surface area (Å²) >= 11 is 5.89. The molecule has 0 unspecified atom stereocenters. The number of nitrogens with zero attached hydrogens (tertiary/aromatic N) is 2. The van der Waals surface area contributed by atoms with Crippen LogP contribution in [0.4, 0.5) is 17.6 Å². The van der Waals surface area contributed by atoms with E-state index in [9.17, 15) is 22.4 Å². The van der Waals surface area contributed by atoms with Crippen LogP contribution in [0.1, 0.15) is 46.6 Å². The first-order valence-electron chi connectivity index (χ1n) is 9.10. The molecular weight excluding hydrogens is 422 g/mol. The monoisotopic (exact) mass is 439 g/mol. The summed E-state index contributed by atoms with van der Waals surface area (Å²) in [6.07, 6.45) is -3.12. The second-order valence-electron chi connectivity index (χ2n) is 6.70. The zero-order valence-electron chi connectivity index (χ0n) is 16.1. The Morgan fingerprint density at radius 1 is 1.20 bits per heavy atom. The third kappa shape index (κ3) is 4.48. The number of amides is 1. The van der Waals surface area contributed by atoms with Crippen molar-refractivity contribution in [1.29, 1.82) is 0 Å². The number of alkyl halides is 3. The van der Waals surface area contributed by atoms with E-state index in [1.54, 1.807) is 42.8 Å². The van der Waals surface area contributed by atoms with E-state index in [1.807, 2.05) is 0 Å². The minimum Gasteiger partial charge on any atom is -0.345 e. The highest BCUT2D eigenvalue weighted by Gasteiger charge is 2.34. The van der Waals surface area contributed by atoms with E-state index >= 15 is 0 Å². The normalized spacial score (nSPS) is 12.6.